The fraction of sp³-hybridized carbons (Fsp3) is 0.111. The second-order valence-corrected chi connectivity index (χ2v) is 12.4. The second-order valence-electron chi connectivity index (χ2n) is 11.3. The summed E-state index contributed by atoms with van der Waals surface area (Å²) in [7, 11) is 0. The molecule has 2 aliphatic rings. The standard InChI is InChI=1S/C36H23N3S/c1-2-6-20(7-3-1)35-25-8-4-5-9-28(25)37-36(38-35)39-29-14-15-31-34(27-17-22-11-13-24(22)19-32(27)40-31)33(29)26-16-21-10-12-23(21)18-30(26)39/h1-9,14-19H,10-13H2. The number of hydrogen-bond acceptors (Lipinski definition) is 3. The van der Waals surface area contributed by atoms with E-state index in [-0.39, 0.29) is 0 Å². The van der Waals surface area contributed by atoms with Crippen molar-refractivity contribution in [3.8, 4) is 17.2 Å². The summed E-state index contributed by atoms with van der Waals surface area (Å²) < 4.78 is 5.09. The lowest BCUT2D eigenvalue weighted by Gasteiger charge is -2.19. The molecule has 3 heterocycles. The van der Waals surface area contributed by atoms with Crippen LogP contribution in [0.15, 0.2) is 91.0 Å². The third-order valence-electron chi connectivity index (χ3n) is 9.17. The van der Waals surface area contributed by atoms with Gasteiger partial charge >= 0.3 is 0 Å². The molecule has 10 rings (SSSR count). The third-order valence-corrected chi connectivity index (χ3v) is 10.3. The average Bonchev–Trinajstić information content (AvgIpc) is 3.49. The first-order chi connectivity index (χ1) is 19.8. The van der Waals surface area contributed by atoms with Gasteiger partial charge in [0, 0.05) is 41.9 Å². The first kappa shape index (κ1) is 21.3. The minimum Gasteiger partial charge on any atom is -0.278 e. The smallest absolute Gasteiger partial charge is 0.235 e. The molecule has 40 heavy (non-hydrogen) atoms. The molecule has 3 aromatic heterocycles. The summed E-state index contributed by atoms with van der Waals surface area (Å²) in [6.45, 7) is 0. The molecule has 0 bridgehead atoms. The van der Waals surface area contributed by atoms with Gasteiger partial charge in [0.15, 0.2) is 0 Å². The van der Waals surface area contributed by atoms with Crippen LogP contribution in [0.1, 0.15) is 22.3 Å². The summed E-state index contributed by atoms with van der Waals surface area (Å²) in [5, 5.41) is 6.52. The van der Waals surface area contributed by atoms with Crippen molar-refractivity contribution in [2.75, 3.05) is 0 Å². The van der Waals surface area contributed by atoms with E-state index in [1.807, 2.05) is 11.3 Å². The van der Waals surface area contributed by atoms with Crippen LogP contribution < -0.4 is 0 Å². The third kappa shape index (κ3) is 2.74. The van der Waals surface area contributed by atoms with Crippen LogP contribution in [-0.4, -0.2) is 14.5 Å². The zero-order valence-corrected chi connectivity index (χ0v) is 22.6. The quantitative estimate of drug-likeness (QED) is 0.224. The van der Waals surface area contributed by atoms with Gasteiger partial charge in [0.25, 0.3) is 0 Å². The number of aromatic nitrogens is 3. The van der Waals surface area contributed by atoms with Crippen LogP contribution in [0.25, 0.3) is 70.1 Å². The Bertz CT molecular complexity index is 2380. The molecule has 0 spiro atoms. The Labute approximate surface area is 234 Å². The zero-order chi connectivity index (χ0) is 25.9. The SMILES string of the molecule is c1ccc(-c2nc(-n3c4cc5c(cc4c4c6c(ccc43)sc3cc4c(cc36)CC4)CC5)nc3ccccc23)cc1. The van der Waals surface area contributed by atoms with E-state index in [9.17, 15) is 0 Å². The number of aryl methyl sites for hydroxylation is 4. The lowest BCUT2D eigenvalue weighted by Crippen LogP contribution is -2.08. The van der Waals surface area contributed by atoms with Gasteiger partial charge < -0.3 is 0 Å². The predicted molar refractivity (Wildman–Crippen MR) is 167 cm³/mol. The Hall–Kier alpha value is -4.54. The highest BCUT2D eigenvalue weighted by molar-refractivity contribution is 7.26. The van der Waals surface area contributed by atoms with Crippen molar-refractivity contribution in [1.29, 1.82) is 0 Å². The highest BCUT2D eigenvalue weighted by atomic mass is 32.1. The van der Waals surface area contributed by atoms with E-state index in [1.165, 1.54) is 77.1 Å². The Morgan fingerprint density at radius 1 is 0.550 bits per heavy atom. The molecule has 0 aliphatic heterocycles. The van der Waals surface area contributed by atoms with Gasteiger partial charge in [0.2, 0.25) is 5.95 Å². The monoisotopic (exact) mass is 529 g/mol. The topological polar surface area (TPSA) is 30.7 Å². The fourth-order valence-electron chi connectivity index (χ4n) is 6.95. The van der Waals surface area contributed by atoms with Crippen molar-refractivity contribution in [1.82, 2.24) is 14.5 Å². The first-order valence-corrected chi connectivity index (χ1v) is 14.9. The lowest BCUT2D eigenvalue weighted by molar-refractivity contribution is 0.842. The Morgan fingerprint density at radius 2 is 1.27 bits per heavy atom. The highest BCUT2D eigenvalue weighted by Gasteiger charge is 2.25. The first-order valence-electron chi connectivity index (χ1n) is 14.1. The molecule has 0 N–H and O–H groups in total. The van der Waals surface area contributed by atoms with Gasteiger partial charge in [-0.05, 0) is 90.4 Å². The molecule has 2 aliphatic carbocycles. The molecule has 0 saturated heterocycles. The van der Waals surface area contributed by atoms with Crippen molar-refractivity contribution >= 4 is 64.2 Å². The molecule has 0 saturated carbocycles. The van der Waals surface area contributed by atoms with Crippen molar-refractivity contribution in [3.05, 3.63) is 113 Å². The minimum absolute atomic E-state index is 0.736. The fourth-order valence-corrected chi connectivity index (χ4v) is 8.11. The largest absolute Gasteiger partial charge is 0.278 e. The highest BCUT2D eigenvalue weighted by Crippen LogP contribution is 2.46. The number of thiophene rings is 1. The van der Waals surface area contributed by atoms with Crippen LogP contribution in [-0.2, 0) is 25.7 Å². The Kier molecular flexibility index (Phi) is 4.02. The molecule has 0 unspecified atom stereocenters. The van der Waals surface area contributed by atoms with Crippen LogP contribution in [0.4, 0.5) is 0 Å². The van der Waals surface area contributed by atoms with Gasteiger partial charge in [0.1, 0.15) is 0 Å². The van der Waals surface area contributed by atoms with E-state index in [4.69, 9.17) is 9.97 Å². The molecular formula is C36H23N3S. The van der Waals surface area contributed by atoms with E-state index >= 15 is 0 Å². The van der Waals surface area contributed by atoms with Crippen molar-refractivity contribution in [3.63, 3.8) is 0 Å². The van der Waals surface area contributed by atoms with Crippen LogP contribution in [0, 0.1) is 0 Å². The van der Waals surface area contributed by atoms with E-state index in [0.717, 1.165) is 41.0 Å². The summed E-state index contributed by atoms with van der Waals surface area (Å²) >= 11 is 1.93. The van der Waals surface area contributed by atoms with Crippen LogP contribution in [0.3, 0.4) is 0 Å². The Morgan fingerprint density at radius 3 is 2.10 bits per heavy atom. The van der Waals surface area contributed by atoms with Crippen LogP contribution in [0.5, 0.6) is 0 Å². The van der Waals surface area contributed by atoms with Crippen molar-refractivity contribution < 1.29 is 0 Å². The molecule has 0 amide bonds. The molecule has 188 valence electrons. The molecule has 3 nitrogen and oxygen atoms in total. The lowest BCUT2D eigenvalue weighted by atomic mass is 9.86. The number of rotatable bonds is 2. The van der Waals surface area contributed by atoms with E-state index in [0.29, 0.717) is 0 Å². The Balaban J connectivity index is 1.37. The van der Waals surface area contributed by atoms with Crippen LogP contribution >= 0.6 is 11.3 Å². The molecule has 5 aromatic carbocycles. The molecule has 8 aromatic rings. The number of nitrogens with zero attached hydrogens (tertiary/aromatic N) is 3. The van der Waals surface area contributed by atoms with Gasteiger partial charge in [-0.15, -0.1) is 11.3 Å². The van der Waals surface area contributed by atoms with Crippen LogP contribution in [0.2, 0.25) is 0 Å². The molecule has 0 fully saturated rings. The van der Waals surface area contributed by atoms with Gasteiger partial charge in [-0.3, -0.25) is 4.57 Å². The summed E-state index contributed by atoms with van der Waals surface area (Å²) in [6, 6.07) is 33.3. The van der Waals surface area contributed by atoms with Crippen molar-refractivity contribution in [2.24, 2.45) is 0 Å². The van der Waals surface area contributed by atoms with E-state index < -0.39 is 0 Å². The number of benzene rings is 5. The number of fused-ring (bicyclic) bond motifs is 10. The summed E-state index contributed by atoms with van der Waals surface area (Å²) in [5.41, 5.74) is 11.4. The van der Waals surface area contributed by atoms with Gasteiger partial charge in [-0.2, -0.15) is 0 Å². The minimum atomic E-state index is 0.736. The normalized spacial score (nSPS) is 14.1. The molecular weight excluding hydrogens is 506 g/mol. The van der Waals surface area contributed by atoms with Crippen molar-refractivity contribution in [2.45, 2.75) is 25.7 Å². The van der Waals surface area contributed by atoms with Gasteiger partial charge in [0.05, 0.1) is 22.2 Å². The molecule has 4 heteroatoms. The maximum Gasteiger partial charge on any atom is 0.235 e. The zero-order valence-electron chi connectivity index (χ0n) is 21.7. The maximum absolute atomic E-state index is 5.30. The molecule has 0 atom stereocenters. The number of para-hydroxylation sites is 1. The van der Waals surface area contributed by atoms with Gasteiger partial charge in [-0.25, -0.2) is 9.97 Å². The average molecular weight is 530 g/mol. The summed E-state index contributed by atoms with van der Waals surface area (Å²) in [4.78, 5) is 10.5. The number of hydrogen-bond donors (Lipinski definition) is 0. The summed E-state index contributed by atoms with van der Waals surface area (Å²) in [5.74, 6) is 0.736. The van der Waals surface area contributed by atoms with Gasteiger partial charge in [-0.1, -0.05) is 48.5 Å². The summed E-state index contributed by atoms with van der Waals surface area (Å²) in [6.07, 6.45) is 4.71. The van der Waals surface area contributed by atoms with E-state index in [1.54, 1.807) is 0 Å². The predicted octanol–water partition coefficient (Wildman–Crippen LogP) is 8.96. The second kappa shape index (κ2) is 7.56. The van der Waals surface area contributed by atoms with E-state index in [2.05, 4.69) is 95.6 Å². The maximum atomic E-state index is 5.30. The molecule has 0 radical (unpaired) electrons.